The minimum Gasteiger partial charge on any atom is -0.573 e. The van der Waals surface area contributed by atoms with Crippen molar-refractivity contribution in [2.45, 2.75) is 32.4 Å². The number of alkyl halides is 3. The number of hydrogen-bond donors (Lipinski definition) is 0. The van der Waals surface area contributed by atoms with Crippen molar-refractivity contribution in [3.63, 3.8) is 0 Å². The molecule has 0 aliphatic carbocycles. The Morgan fingerprint density at radius 3 is 2.28 bits per heavy atom. The second-order valence-corrected chi connectivity index (χ2v) is 7.63. The fraction of sp³-hybridized carbons (Fsp3) is 0.300. The second kappa shape index (κ2) is 10.2. The van der Waals surface area contributed by atoms with Gasteiger partial charge in [-0.3, -0.25) is 9.97 Å². The molecule has 4 rings (SSSR count). The van der Waals surface area contributed by atoms with Crippen LogP contribution >= 0.6 is 0 Å². The summed E-state index contributed by atoms with van der Waals surface area (Å²) in [4.78, 5) is 20.1. The summed E-state index contributed by atoms with van der Waals surface area (Å²) in [5.74, 6) is 0.813. The largest absolute Gasteiger partial charge is 0.573 e. The van der Waals surface area contributed by atoms with Crippen LogP contribution in [0.2, 0.25) is 0 Å². The van der Waals surface area contributed by atoms with Crippen molar-refractivity contribution in [2.24, 2.45) is 0 Å². The van der Waals surface area contributed by atoms with Gasteiger partial charge in [0.15, 0.2) is 0 Å². The van der Waals surface area contributed by atoms with Crippen LogP contribution in [0.4, 0.5) is 18.9 Å². The van der Waals surface area contributed by atoms with Crippen LogP contribution in [0.5, 0.6) is 0 Å². The molecule has 0 atom stereocenters. The zero-order valence-corrected chi connectivity index (χ0v) is 19.9. The molecule has 0 spiro atoms. The van der Waals surface area contributed by atoms with E-state index in [2.05, 4.69) is 57.1 Å². The Balaban J connectivity index is 0.000000220. The van der Waals surface area contributed by atoms with E-state index in [1.807, 2.05) is 35.9 Å². The van der Waals surface area contributed by atoms with Gasteiger partial charge in [0.25, 0.3) is 0 Å². The second-order valence-electron chi connectivity index (χ2n) is 7.63. The molecule has 12 heteroatoms. The minimum atomic E-state index is -4.48. The van der Waals surface area contributed by atoms with E-state index in [1.165, 1.54) is 18.6 Å². The van der Waals surface area contributed by atoms with Crippen LogP contribution in [0.3, 0.4) is 0 Å². The minimum absolute atomic E-state index is 0. The first-order valence-corrected chi connectivity index (χ1v) is 9.17. The van der Waals surface area contributed by atoms with E-state index in [0.717, 1.165) is 17.6 Å². The van der Waals surface area contributed by atoms with Crippen LogP contribution in [0.25, 0.3) is 11.4 Å². The van der Waals surface area contributed by atoms with Crippen LogP contribution in [-0.2, 0) is 32.7 Å². The van der Waals surface area contributed by atoms with Gasteiger partial charge < -0.3 is 30.0 Å². The Bertz CT molecular complexity index is 1010. The summed E-state index contributed by atoms with van der Waals surface area (Å²) in [5.41, 5.74) is 0.129. The van der Waals surface area contributed by atoms with Crippen molar-refractivity contribution in [2.75, 3.05) is 11.9 Å². The molecule has 0 unspecified atom stereocenters. The van der Waals surface area contributed by atoms with Crippen molar-refractivity contribution >= 4 is 5.69 Å². The summed E-state index contributed by atoms with van der Waals surface area (Å²) >= 11 is 0. The Morgan fingerprint density at radius 1 is 1.06 bits per heavy atom. The smallest absolute Gasteiger partial charge is 0.431 e. The molecule has 3 aromatic heterocycles. The topological polar surface area (TPSA) is 85.0 Å². The van der Waals surface area contributed by atoms with E-state index in [4.69, 9.17) is 0 Å². The quantitative estimate of drug-likeness (QED) is 0.402. The number of aromatic nitrogens is 6. The maximum Gasteiger partial charge on any atom is 0.431 e. The normalized spacial score (nSPS) is 13.5. The molecule has 0 radical (unpaired) electrons. The van der Waals surface area contributed by atoms with Crippen LogP contribution in [0.1, 0.15) is 32.3 Å². The summed E-state index contributed by atoms with van der Waals surface area (Å²) in [7, 11) is 1.97. The first kappa shape index (κ1) is 25.4. The third-order valence-corrected chi connectivity index (χ3v) is 3.96. The zero-order chi connectivity index (χ0) is 22.6. The van der Waals surface area contributed by atoms with Gasteiger partial charge in [0.1, 0.15) is 5.69 Å². The van der Waals surface area contributed by atoms with Crippen LogP contribution in [0, 0.1) is 12.9 Å². The van der Waals surface area contributed by atoms with Crippen LogP contribution in [0.15, 0.2) is 43.3 Å². The van der Waals surface area contributed by atoms with Gasteiger partial charge in [0.05, 0.1) is 11.9 Å². The van der Waals surface area contributed by atoms with E-state index in [9.17, 15) is 13.2 Å². The van der Waals surface area contributed by atoms with Gasteiger partial charge in [-0.25, -0.2) is 0 Å². The molecule has 1 aliphatic rings. The molecule has 4 heterocycles. The average molecular weight is 625 g/mol. The molecule has 32 heavy (non-hydrogen) atoms. The first-order valence-electron chi connectivity index (χ1n) is 9.17. The number of rotatable bonds is 2. The van der Waals surface area contributed by atoms with Crippen molar-refractivity contribution in [3.8, 4) is 11.4 Å². The maximum atomic E-state index is 12.2. The molecule has 0 fully saturated rings. The third-order valence-electron chi connectivity index (χ3n) is 3.96. The van der Waals surface area contributed by atoms with E-state index in [0.29, 0.717) is 0 Å². The van der Waals surface area contributed by atoms with Gasteiger partial charge in [-0.1, -0.05) is 44.5 Å². The summed E-state index contributed by atoms with van der Waals surface area (Å²) in [6.45, 7) is 8.22. The molecule has 3 aromatic rings. The predicted octanol–water partition coefficient (Wildman–Crippen LogP) is 3.43. The van der Waals surface area contributed by atoms with Gasteiger partial charge in [-0.2, -0.15) is 19.8 Å². The molecule has 0 N–H and O–H groups in total. The van der Waals surface area contributed by atoms with Crippen molar-refractivity contribution in [1.82, 2.24) is 35.0 Å². The molecule has 0 aromatic carbocycles. The molecule has 1 aliphatic heterocycles. The van der Waals surface area contributed by atoms with E-state index in [1.54, 1.807) is 6.20 Å². The monoisotopic (exact) mass is 624 g/mol. The SMILES string of the molecule is CN1C=CN(c2[c-]nc(C(C)(C)C)nc2)[CH-]1.FC(F)(F)c1cc(-c2cnccn2)[n-]n1.[Pt]. The maximum absolute atomic E-state index is 12.2. The Morgan fingerprint density at radius 2 is 1.81 bits per heavy atom. The Kier molecular flexibility index (Phi) is 8.12. The fourth-order valence-corrected chi connectivity index (χ4v) is 2.36. The number of hydrogen-bond acceptors (Lipinski definition) is 7. The predicted molar refractivity (Wildman–Crippen MR) is 107 cm³/mol. The molecule has 0 saturated heterocycles. The number of halogens is 3. The summed E-state index contributed by atoms with van der Waals surface area (Å²) < 4.78 is 36.5. The Hall–Kier alpha value is -2.81. The third kappa shape index (κ3) is 6.59. The van der Waals surface area contributed by atoms with Crippen molar-refractivity contribution < 1.29 is 34.2 Å². The van der Waals surface area contributed by atoms with Crippen molar-refractivity contribution in [3.05, 3.63) is 67.6 Å². The van der Waals surface area contributed by atoms with Crippen LogP contribution in [-0.4, -0.2) is 37.0 Å². The fourth-order valence-electron chi connectivity index (χ4n) is 2.36. The van der Waals surface area contributed by atoms with E-state index >= 15 is 0 Å². The van der Waals surface area contributed by atoms with Gasteiger partial charge >= 0.3 is 6.18 Å². The number of nitrogens with zero attached hydrogens (tertiary/aromatic N) is 8. The van der Waals surface area contributed by atoms with E-state index in [-0.39, 0.29) is 37.9 Å². The van der Waals surface area contributed by atoms with Crippen molar-refractivity contribution in [1.29, 1.82) is 0 Å². The molecule has 0 amide bonds. The molecule has 0 saturated carbocycles. The number of anilines is 1. The molecular weight excluding hydrogens is 604 g/mol. The summed E-state index contributed by atoms with van der Waals surface area (Å²) in [6.07, 6.45) is 8.36. The average Bonchev–Trinajstić information content (AvgIpc) is 3.38. The summed E-state index contributed by atoms with van der Waals surface area (Å²) in [6, 6.07) is 0.837. The van der Waals surface area contributed by atoms with Crippen LogP contribution < -0.4 is 10.00 Å². The van der Waals surface area contributed by atoms with Gasteiger partial charge in [-0.05, 0) is 30.9 Å². The standard InChI is InChI=1S/C12H16N4.C8H4F3N4.Pt/c1-12(2,3)11-13-7-10(8-14-11)16-6-5-15(4)9-16;9-8(10,11)7-3-5(14-15-7)6-4-12-1-2-13-6;/h5-7,9H,1-4H3;1-4H;/q-2;-1;. The van der Waals surface area contributed by atoms with Gasteiger partial charge in [-0.15, -0.1) is 0 Å². The zero-order valence-electron chi connectivity index (χ0n) is 17.6. The Labute approximate surface area is 198 Å². The summed E-state index contributed by atoms with van der Waals surface area (Å²) in [5, 5.41) is 6.40. The molecule has 0 bridgehead atoms. The van der Waals surface area contributed by atoms with Gasteiger partial charge in [0, 0.05) is 39.3 Å². The molecule has 174 valence electrons. The van der Waals surface area contributed by atoms with Gasteiger partial charge in [0.2, 0.25) is 0 Å². The molecule has 8 nitrogen and oxygen atoms in total. The van der Waals surface area contributed by atoms with E-state index < -0.39 is 11.9 Å². The first-order chi connectivity index (χ1) is 14.5. The molecular formula is C20H20F3N8Pt-3.